The second-order valence-electron chi connectivity index (χ2n) is 4.35. The van der Waals surface area contributed by atoms with Gasteiger partial charge in [0.25, 0.3) is 11.5 Å². The maximum absolute atomic E-state index is 12.1. The van der Waals surface area contributed by atoms with Gasteiger partial charge in [-0.25, -0.2) is 4.79 Å². The minimum absolute atomic E-state index is 0.0944. The number of carbonyl (C=O) groups is 1. The highest BCUT2D eigenvalue weighted by molar-refractivity contribution is 5.97. The summed E-state index contributed by atoms with van der Waals surface area (Å²) in [7, 11) is 0. The van der Waals surface area contributed by atoms with Crippen LogP contribution in [0, 0.1) is 0 Å². The van der Waals surface area contributed by atoms with Crippen molar-refractivity contribution in [3.05, 3.63) is 44.6 Å². The second kappa shape index (κ2) is 6.33. The molecule has 0 aliphatic carbocycles. The summed E-state index contributed by atoms with van der Waals surface area (Å²) in [6.45, 7) is -0.480. The standard InChI is InChI=1S/C13H15N3O5/c17-5-3-14-11(19)8-1-2-9-10(7-8)15-13(21)16(4-6-18)12(9)20/h1-2,7,17-18H,3-6H2,(H,14,19)(H,15,21). The summed E-state index contributed by atoms with van der Waals surface area (Å²) in [6, 6.07) is 4.29. The second-order valence-corrected chi connectivity index (χ2v) is 4.35. The SMILES string of the molecule is O=C(NCCO)c1ccc2c(=O)n(CCO)c(=O)[nH]c2c1. The van der Waals surface area contributed by atoms with Gasteiger partial charge in [-0.05, 0) is 18.2 Å². The van der Waals surface area contributed by atoms with Crippen LogP contribution in [0.5, 0.6) is 0 Å². The van der Waals surface area contributed by atoms with E-state index in [1.807, 2.05) is 0 Å². The summed E-state index contributed by atoms with van der Waals surface area (Å²) in [6.07, 6.45) is 0. The first-order chi connectivity index (χ1) is 10.1. The van der Waals surface area contributed by atoms with E-state index < -0.39 is 17.2 Å². The zero-order valence-electron chi connectivity index (χ0n) is 11.1. The van der Waals surface area contributed by atoms with Crippen molar-refractivity contribution in [2.45, 2.75) is 6.54 Å². The number of H-pyrrole nitrogens is 1. The number of amides is 1. The van der Waals surface area contributed by atoms with Gasteiger partial charge >= 0.3 is 5.69 Å². The number of aliphatic hydroxyl groups excluding tert-OH is 2. The van der Waals surface area contributed by atoms with Gasteiger partial charge in [-0.2, -0.15) is 0 Å². The van der Waals surface area contributed by atoms with Crippen molar-refractivity contribution in [2.24, 2.45) is 0 Å². The summed E-state index contributed by atoms with van der Waals surface area (Å²) in [5, 5.41) is 20.2. The van der Waals surface area contributed by atoms with Crippen molar-refractivity contribution in [2.75, 3.05) is 19.8 Å². The molecule has 8 heteroatoms. The predicted octanol–water partition coefficient (Wildman–Crippen LogP) is -1.60. The molecule has 21 heavy (non-hydrogen) atoms. The molecule has 1 amide bonds. The third-order valence-corrected chi connectivity index (χ3v) is 2.97. The number of aromatic amines is 1. The molecule has 0 fully saturated rings. The van der Waals surface area contributed by atoms with Crippen molar-refractivity contribution in [3.8, 4) is 0 Å². The molecule has 2 aromatic rings. The maximum atomic E-state index is 12.1. The van der Waals surface area contributed by atoms with Crippen LogP contribution < -0.4 is 16.6 Å². The third-order valence-electron chi connectivity index (χ3n) is 2.97. The molecule has 0 bridgehead atoms. The Hall–Kier alpha value is -2.45. The van der Waals surface area contributed by atoms with Crippen molar-refractivity contribution >= 4 is 16.8 Å². The van der Waals surface area contributed by atoms with Gasteiger partial charge in [-0.1, -0.05) is 0 Å². The lowest BCUT2D eigenvalue weighted by Crippen LogP contribution is -2.36. The van der Waals surface area contributed by atoms with Crippen molar-refractivity contribution in [1.29, 1.82) is 0 Å². The molecule has 0 aliphatic rings. The minimum Gasteiger partial charge on any atom is -0.395 e. The van der Waals surface area contributed by atoms with E-state index in [9.17, 15) is 14.4 Å². The van der Waals surface area contributed by atoms with E-state index >= 15 is 0 Å². The normalized spacial score (nSPS) is 10.8. The Morgan fingerprint density at radius 3 is 2.67 bits per heavy atom. The van der Waals surface area contributed by atoms with Crippen molar-refractivity contribution in [1.82, 2.24) is 14.9 Å². The van der Waals surface area contributed by atoms with E-state index in [0.717, 1.165) is 4.57 Å². The average Bonchev–Trinajstić information content (AvgIpc) is 2.48. The smallest absolute Gasteiger partial charge is 0.328 e. The number of hydrogen-bond acceptors (Lipinski definition) is 5. The summed E-state index contributed by atoms with van der Waals surface area (Å²) in [5.41, 5.74) is -0.652. The number of aliphatic hydroxyl groups is 2. The summed E-state index contributed by atoms with van der Waals surface area (Å²) >= 11 is 0. The van der Waals surface area contributed by atoms with Crippen LogP contribution in [-0.4, -0.2) is 45.4 Å². The molecule has 1 aromatic carbocycles. The molecular formula is C13H15N3O5. The van der Waals surface area contributed by atoms with Gasteiger partial charge in [0, 0.05) is 12.1 Å². The molecule has 0 atom stereocenters. The van der Waals surface area contributed by atoms with Crippen LogP contribution in [0.15, 0.2) is 27.8 Å². The highest BCUT2D eigenvalue weighted by Crippen LogP contribution is 2.09. The van der Waals surface area contributed by atoms with Crippen LogP contribution in [0.25, 0.3) is 10.9 Å². The van der Waals surface area contributed by atoms with Gasteiger partial charge in [-0.15, -0.1) is 0 Å². The molecule has 112 valence electrons. The van der Waals surface area contributed by atoms with Crippen LogP contribution in [0.3, 0.4) is 0 Å². The molecular weight excluding hydrogens is 278 g/mol. The predicted molar refractivity (Wildman–Crippen MR) is 75.3 cm³/mol. The average molecular weight is 293 g/mol. The fraction of sp³-hybridized carbons (Fsp3) is 0.308. The molecule has 0 saturated heterocycles. The quantitative estimate of drug-likeness (QED) is 0.529. The van der Waals surface area contributed by atoms with Gasteiger partial charge in [0.1, 0.15) is 0 Å². The highest BCUT2D eigenvalue weighted by Gasteiger charge is 2.10. The number of benzene rings is 1. The topological polar surface area (TPSA) is 124 Å². The summed E-state index contributed by atoms with van der Waals surface area (Å²) < 4.78 is 0.897. The van der Waals surface area contributed by atoms with E-state index in [0.29, 0.717) is 0 Å². The fourth-order valence-electron chi connectivity index (χ4n) is 1.97. The zero-order chi connectivity index (χ0) is 15.4. The monoisotopic (exact) mass is 293 g/mol. The van der Waals surface area contributed by atoms with Gasteiger partial charge in [-0.3, -0.25) is 14.2 Å². The molecule has 0 saturated carbocycles. The van der Waals surface area contributed by atoms with E-state index in [1.54, 1.807) is 0 Å². The van der Waals surface area contributed by atoms with Crippen molar-refractivity contribution in [3.63, 3.8) is 0 Å². The molecule has 4 N–H and O–H groups in total. The number of nitrogens with one attached hydrogen (secondary N) is 2. The number of aromatic nitrogens is 2. The number of carbonyl (C=O) groups excluding carboxylic acids is 1. The van der Waals surface area contributed by atoms with Crippen LogP contribution in [0.2, 0.25) is 0 Å². The van der Waals surface area contributed by atoms with Gasteiger partial charge in [0.2, 0.25) is 0 Å². The molecule has 0 radical (unpaired) electrons. The van der Waals surface area contributed by atoms with E-state index in [4.69, 9.17) is 10.2 Å². The van der Waals surface area contributed by atoms with Gasteiger partial charge < -0.3 is 20.5 Å². The van der Waals surface area contributed by atoms with E-state index in [-0.39, 0.29) is 42.8 Å². The summed E-state index contributed by atoms with van der Waals surface area (Å²) in [4.78, 5) is 38.1. The molecule has 1 heterocycles. The molecule has 8 nitrogen and oxygen atoms in total. The minimum atomic E-state index is -0.644. The summed E-state index contributed by atoms with van der Waals surface area (Å²) in [5.74, 6) is -0.411. The van der Waals surface area contributed by atoms with Crippen LogP contribution >= 0.6 is 0 Å². The fourth-order valence-corrected chi connectivity index (χ4v) is 1.97. The van der Waals surface area contributed by atoms with E-state index in [1.165, 1.54) is 18.2 Å². The molecule has 0 aliphatic heterocycles. The highest BCUT2D eigenvalue weighted by atomic mass is 16.3. The Balaban J connectivity index is 2.50. The maximum Gasteiger partial charge on any atom is 0.328 e. The lowest BCUT2D eigenvalue weighted by atomic mass is 10.1. The number of fused-ring (bicyclic) bond motifs is 1. The van der Waals surface area contributed by atoms with Gasteiger partial charge in [0.05, 0.1) is 30.7 Å². The van der Waals surface area contributed by atoms with Crippen molar-refractivity contribution < 1.29 is 15.0 Å². The Morgan fingerprint density at radius 2 is 2.00 bits per heavy atom. The lowest BCUT2D eigenvalue weighted by molar-refractivity contribution is 0.0945. The van der Waals surface area contributed by atoms with Gasteiger partial charge in [0.15, 0.2) is 0 Å². The largest absolute Gasteiger partial charge is 0.395 e. The third kappa shape index (κ3) is 3.01. The first-order valence-electron chi connectivity index (χ1n) is 6.35. The molecule has 0 unspecified atom stereocenters. The Kier molecular flexibility index (Phi) is 4.51. The Labute approximate surface area is 118 Å². The number of hydrogen-bond donors (Lipinski definition) is 4. The first kappa shape index (κ1) is 14.9. The van der Waals surface area contributed by atoms with Crippen LogP contribution in [0.4, 0.5) is 0 Å². The van der Waals surface area contributed by atoms with Crippen LogP contribution in [-0.2, 0) is 6.54 Å². The number of nitrogens with zero attached hydrogens (tertiary/aromatic N) is 1. The molecule has 2 rings (SSSR count). The zero-order valence-corrected chi connectivity index (χ0v) is 11.1. The van der Waals surface area contributed by atoms with E-state index in [2.05, 4.69) is 10.3 Å². The lowest BCUT2D eigenvalue weighted by Gasteiger charge is -2.07. The Morgan fingerprint density at radius 1 is 1.24 bits per heavy atom. The number of rotatable bonds is 5. The molecule has 0 spiro atoms. The first-order valence-corrected chi connectivity index (χ1v) is 6.35. The van der Waals surface area contributed by atoms with Crippen LogP contribution in [0.1, 0.15) is 10.4 Å². The Bertz CT molecular complexity index is 777. The molecule has 1 aromatic heterocycles.